The van der Waals surface area contributed by atoms with Crippen molar-refractivity contribution in [3.63, 3.8) is 0 Å². The molecule has 0 radical (unpaired) electrons. The summed E-state index contributed by atoms with van der Waals surface area (Å²) in [5.41, 5.74) is 5.37. The second kappa shape index (κ2) is 5.99. The van der Waals surface area contributed by atoms with E-state index in [0.717, 1.165) is 22.4 Å². The van der Waals surface area contributed by atoms with Crippen molar-refractivity contribution in [2.24, 2.45) is 0 Å². The molecule has 0 N–H and O–H groups in total. The van der Waals surface area contributed by atoms with Gasteiger partial charge in [0.15, 0.2) is 5.78 Å². The van der Waals surface area contributed by atoms with E-state index in [1.165, 1.54) is 5.56 Å². The van der Waals surface area contributed by atoms with E-state index in [0.29, 0.717) is 12.3 Å². The number of ketones is 1. The maximum Gasteiger partial charge on any atom is 0.161 e. The third-order valence-corrected chi connectivity index (χ3v) is 3.04. The number of carbonyl (C=O) groups is 1. The molecule has 0 aliphatic heterocycles. The number of pyridine rings is 1. The minimum atomic E-state index is 0.130. The van der Waals surface area contributed by atoms with Gasteiger partial charge >= 0.3 is 0 Å². The molecule has 96 valence electrons. The fourth-order valence-corrected chi connectivity index (χ4v) is 1.84. The molecule has 1 heterocycles. The van der Waals surface area contributed by atoms with Crippen molar-refractivity contribution in [3.8, 4) is 0 Å². The van der Waals surface area contributed by atoms with Crippen LogP contribution in [0.15, 0.2) is 17.7 Å². The molecule has 3 heteroatoms. The summed E-state index contributed by atoms with van der Waals surface area (Å²) in [5.74, 6) is 0.521. The third kappa shape index (κ3) is 3.83. The molecule has 0 aliphatic carbocycles. The average molecular weight is 243 g/mol. The van der Waals surface area contributed by atoms with Crippen LogP contribution in [0.1, 0.15) is 50.6 Å². The van der Waals surface area contributed by atoms with Gasteiger partial charge in [-0.05, 0) is 38.8 Å². The van der Waals surface area contributed by atoms with Gasteiger partial charge in [-0.1, -0.05) is 30.4 Å². The Labute approximate surface area is 111 Å². The van der Waals surface area contributed by atoms with Crippen LogP contribution < -0.4 is 5.46 Å². The smallest absolute Gasteiger partial charge is 0.161 e. The van der Waals surface area contributed by atoms with Crippen LogP contribution in [0.5, 0.6) is 0 Å². The summed E-state index contributed by atoms with van der Waals surface area (Å²) in [6.45, 7) is 10.2. The predicted molar refractivity (Wildman–Crippen MR) is 79.4 cm³/mol. The van der Waals surface area contributed by atoms with E-state index < -0.39 is 0 Å². The summed E-state index contributed by atoms with van der Waals surface area (Å²) in [4.78, 5) is 16.5. The molecule has 0 atom stereocenters. The molecule has 0 saturated heterocycles. The normalized spacial score (nSPS) is 10.6. The molecule has 0 saturated carbocycles. The maximum atomic E-state index is 11.9. The minimum Gasteiger partial charge on any atom is -0.294 e. The lowest BCUT2D eigenvalue weighted by Crippen LogP contribution is -2.21. The molecule has 0 spiro atoms. The Morgan fingerprint density at radius 3 is 2.56 bits per heavy atom. The summed E-state index contributed by atoms with van der Waals surface area (Å²) < 4.78 is 0. The van der Waals surface area contributed by atoms with Crippen LogP contribution in [0.3, 0.4) is 0 Å². The number of rotatable bonds is 4. The molecule has 0 unspecified atom stereocenters. The van der Waals surface area contributed by atoms with Crippen molar-refractivity contribution >= 4 is 19.1 Å². The Hall–Kier alpha value is -1.38. The molecule has 1 rings (SSSR count). The molecular weight excluding hydrogens is 221 g/mol. The monoisotopic (exact) mass is 243 g/mol. The Morgan fingerprint density at radius 2 is 2.06 bits per heavy atom. The first-order valence-corrected chi connectivity index (χ1v) is 6.46. The second-order valence-corrected chi connectivity index (χ2v) is 5.46. The number of hydrogen-bond donors (Lipinski definition) is 0. The van der Waals surface area contributed by atoms with Crippen molar-refractivity contribution < 1.29 is 4.79 Å². The Morgan fingerprint density at radius 1 is 1.44 bits per heavy atom. The van der Waals surface area contributed by atoms with Crippen LogP contribution in [-0.2, 0) is 11.2 Å². The van der Waals surface area contributed by atoms with Gasteiger partial charge in [0, 0.05) is 11.4 Å². The van der Waals surface area contributed by atoms with E-state index in [-0.39, 0.29) is 5.78 Å². The third-order valence-electron chi connectivity index (χ3n) is 3.04. The average Bonchev–Trinajstić information content (AvgIpc) is 2.22. The van der Waals surface area contributed by atoms with E-state index in [1.54, 1.807) is 6.08 Å². The summed E-state index contributed by atoms with van der Waals surface area (Å²) in [7, 11) is 2.04. The zero-order chi connectivity index (χ0) is 13.9. The van der Waals surface area contributed by atoms with E-state index >= 15 is 0 Å². The topological polar surface area (TPSA) is 30.0 Å². The molecule has 0 aliphatic rings. The van der Waals surface area contributed by atoms with Crippen LogP contribution in [0.25, 0.3) is 0 Å². The van der Waals surface area contributed by atoms with Gasteiger partial charge in [0.25, 0.3) is 0 Å². The van der Waals surface area contributed by atoms with Crippen LogP contribution in [0, 0.1) is 6.92 Å². The first-order valence-electron chi connectivity index (χ1n) is 6.46. The van der Waals surface area contributed by atoms with Gasteiger partial charge < -0.3 is 0 Å². The van der Waals surface area contributed by atoms with E-state index in [1.807, 2.05) is 21.7 Å². The van der Waals surface area contributed by atoms with Crippen molar-refractivity contribution in [2.75, 3.05) is 0 Å². The number of carbonyl (C=O) groups excluding carboxylic acids is 1. The van der Waals surface area contributed by atoms with Gasteiger partial charge in [-0.25, -0.2) is 0 Å². The first kappa shape index (κ1) is 14.7. The molecular formula is C15H22BNO. The number of allylic oxidation sites excluding steroid dienone is 2. The first-order chi connectivity index (χ1) is 8.31. The highest BCUT2D eigenvalue weighted by Crippen LogP contribution is 2.13. The molecule has 0 aromatic carbocycles. The molecule has 2 nitrogen and oxygen atoms in total. The fraction of sp³-hybridized carbons (Fsp3) is 0.467. The quantitative estimate of drug-likeness (QED) is 0.596. The van der Waals surface area contributed by atoms with Crippen LogP contribution in [0.4, 0.5) is 0 Å². The Kier molecular flexibility index (Phi) is 4.89. The maximum absolute atomic E-state index is 11.9. The Bertz CT molecular complexity index is 486. The van der Waals surface area contributed by atoms with E-state index in [4.69, 9.17) is 0 Å². The van der Waals surface area contributed by atoms with Gasteiger partial charge in [0.2, 0.25) is 0 Å². The molecule has 0 fully saturated rings. The minimum absolute atomic E-state index is 0.130. The number of nitrogens with zero attached hydrogens (tertiary/aromatic N) is 1. The zero-order valence-corrected chi connectivity index (χ0v) is 12.3. The van der Waals surface area contributed by atoms with Gasteiger partial charge in [0.1, 0.15) is 7.85 Å². The highest BCUT2D eigenvalue weighted by molar-refractivity contribution is 6.34. The summed E-state index contributed by atoms with van der Waals surface area (Å²) >= 11 is 0. The van der Waals surface area contributed by atoms with Gasteiger partial charge in [0.05, 0.1) is 6.42 Å². The number of hydrogen-bond acceptors (Lipinski definition) is 2. The molecule has 1 aromatic heterocycles. The summed E-state index contributed by atoms with van der Waals surface area (Å²) in [6, 6.07) is 2.12. The van der Waals surface area contributed by atoms with Crippen molar-refractivity contribution in [2.45, 2.75) is 47.0 Å². The summed E-state index contributed by atoms with van der Waals surface area (Å²) in [5, 5.41) is 0. The predicted octanol–water partition coefficient (Wildman–Crippen LogP) is 1.85. The van der Waals surface area contributed by atoms with Gasteiger partial charge in [-0.2, -0.15) is 0 Å². The van der Waals surface area contributed by atoms with Crippen molar-refractivity contribution in [1.29, 1.82) is 0 Å². The Balaban J connectivity index is 3.08. The summed E-state index contributed by atoms with van der Waals surface area (Å²) in [6.07, 6.45) is 2.09. The van der Waals surface area contributed by atoms with Gasteiger partial charge in [-0.15, -0.1) is 0 Å². The fourth-order valence-electron chi connectivity index (χ4n) is 1.84. The van der Waals surface area contributed by atoms with Crippen LogP contribution in [0.2, 0.25) is 0 Å². The highest BCUT2D eigenvalue weighted by Gasteiger charge is 2.11. The molecule has 18 heavy (non-hydrogen) atoms. The van der Waals surface area contributed by atoms with Gasteiger partial charge in [-0.3, -0.25) is 9.78 Å². The van der Waals surface area contributed by atoms with E-state index in [2.05, 4.69) is 31.8 Å². The van der Waals surface area contributed by atoms with Crippen LogP contribution >= 0.6 is 0 Å². The van der Waals surface area contributed by atoms with Crippen molar-refractivity contribution in [3.05, 3.63) is 34.7 Å². The SMILES string of the molecule is Bc1c(C)cc(C(C)C)nc1CC(=O)C=C(C)C. The highest BCUT2D eigenvalue weighted by atomic mass is 16.1. The van der Waals surface area contributed by atoms with E-state index in [9.17, 15) is 4.79 Å². The molecule has 1 aromatic rings. The molecule has 0 bridgehead atoms. The standard InChI is InChI=1S/C15H22BNO/c1-9(2)6-12(18)8-14-15(16)11(5)7-13(17-14)10(3)4/h6-7,10H,8,16H2,1-5H3. The second-order valence-electron chi connectivity index (χ2n) is 5.46. The lowest BCUT2D eigenvalue weighted by Gasteiger charge is -2.12. The van der Waals surface area contributed by atoms with Crippen molar-refractivity contribution in [1.82, 2.24) is 4.98 Å². The lowest BCUT2D eigenvalue weighted by molar-refractivity contribution is -0.114. The van der Waals surface area contributed by atoms with Crippen LogP contribution in [-0.4, -0.2) is 18.6 Å². The number of aromatic nitrogens is 1. The molecule has 0 amide bonds. The largest absolute Gasteiger partial charge is 0.294 e. The lowest BCUT2D eigenvalue weighted by atomic mass is 9.86. The number of aryl methyl sites for hydroxylation is 1. The zero-order valence-electron chi connectivity index (χ0n) is 12.3.